The SMILES string of the molecule is COC1CN(c2ccc(C(=O)NC(COCCCF)C(C)C)nc2OC[C@H]2C[C@@H]2CO)C1. The first kappa shape index (κ1) is 24.7. The van der Waals surface area contributed by atoms with Crippen molar-refractivity contribution < 1.29 is 28.5 Å². The highest BCUT2D eigenvalue weighted by atomic mass is 19.1. The van der Waals surface area contributed by atoms with Gasteiger partial charge < -0.3 is 29.5 Å². The zero-order valence-electron chi connectivity index (χ0n) is 19.3. The van der Waals surface area contributed by atoms with E-state index in [2.05, 4.69) is 15.2 Å². The number of hydrogen-bond acceptors (Lipinski definition) is 7. The molecule has 3 atom stereocenters. The normalized spacial score (nSPS) is 21.4. The van der Waals surface area contributed by atoms with Gasteiger partial charge in [0.1, 0.15) is 11.4 Å². The maximum absolute atomic E-state index is 12.9. The van der Waals surface area contributed by atoms with Crippen LogP contribution in [0.5, 0.6) is 5.88 Å². The Labute approximate surface area is 189 Å². The van der Waals surface area contributed by atoms with Crippen LogP contribution in [0, 0.1) is 17.8 Å². The van der Waals surface area contributed by atoms with Crippen molar-refractivity contribution in [2.24, 2.45) is 17.8 Å². The van der Waals surface area contributed by atoms with E-state index in [4.69, 9.17) is 14.2 Å². The minimum atomic E-state index is -0.417. The number of aliphatic hydroxyl groups is 1. The summed E-state index contributed by atoms with van der Waals surface area (Å²) in [6.45, 7) is 6.35. The molecule has 1 amide bonds. The van der Waals surface area contributed by atoms with Gasteiger partial charge in [0.25, 0.3) is 5.91 Å². The molecule has 180 valence electrons. The Morgan fingerprint density at radius 3 is 2.75 bits per heavy atom. The molecular weight excluding hydrogens is 417 g/mol. The summed E-state index contributed by atoms with van der Waals surface area (Å²) in [6.07, 6.45) is 1.47. The number of rotatable bonds is 14. The molecule has 1 aliphatic carbocycles. The lowest BCUT2D eigenvalue weighted by Crippen LogP contribution is -2.52. The van der Waals surface area contributed by atoms with Gasteiger partial charge in [0, 0.05) is 33.4 Å². The molecule has 2 aliphatic rings. The van der Waals surface area contributed by atoms with Gasteiger partial charge in [0.15, 0.2) is 0 Å². The number of carbonyl (C=O) groups is 1. The van der Waals surface area contributed by atoms with E-state index in [0.717, 1.165) is 25.2 Å². The molecule has 9 heteroatoms. The smallest absolute Gasteiger partial charge is 0.270 e. The fraction of sp³-hybridized carbons (Fsp3) is 0.739. The van der Waals surface area contributed by atoms with Crippen LogP contribution in [-0.2, 0) is 9.47 Å². The van der Waals surface area contributed by atoms with Crippen LogP contribution in [0.15, 0.2) is 12.1 Å². The Morgan fingerprint density at radius 1 is 1.34 bits per heavy atom. The predicted octanol–water partition coefficient (Wildman–Crippen LogP) is 2.05. The zero-order chi connectivity index (χ0) is 23.1. The van der Waals surface area contributed by atoms with Gasteiger partial charge in [-0.15, -0.1) is 0 Å². The molecule has 1 saturated carbocycles. The van der Waals surface area contributed by atoms with Crippen LogP contribution >= 0.6 is 0 Å². The summed E-state index contributed by atoms with van der Waals surface area (Å²) >= 11 is 0. The fourth-order valence-corrected chi connectivity index (χ4v) is 3.62. The minimum Gasteiger partial charge on any atom is -0.476 e. The molecule has 1 aromatic rings. The molecule has 0 spiro atoms. The monoisotopic (exact) mass is 453 g/mol. The predicted molar refractivity (Wildman–Crippen MR) is 119 cm³/mol. The van der Waals surface area contributed by atoms with Crippen molar-refractivity contribution in [1.82, 2.24) is 10.3 Å². The highest BCUT2D eigenvalue weighted by Crippen LogP contribution is 2.39. The van der Waals surface area contributed by atoms with Gasteiger partial charge in [0.2, 0.25) is 5.88 Å². The van der Waals surface area contributed by atoms with E-state index in [-0.39, 0.29) is 42.2 Å². The number of anilines is 1. The lowest BCUT2D eigenvalue weighted by molar-refractivity contribution is 0.0750. The number of carbonyl (C=O) groups excluding carboxylic acids is 1. The van der Waals surface area contributed by atoms with Crippen LogP contribution in [-0.4, -0.2) is 81.4 Å². The van der Waals surface area contributed by atoms with Gasteiger partial charge in [0.05, 0.1) is 32.0 Å². The number of halogens is 1. The molecular formula is C23H36FN3O5. The quantitative estimate of drug-likeness (QED) is 0.417. The number of aliphatic hydroxyl groups excluding tert-OH is 1. The number of nitrogens with zero attached hydrogens (tertiary/aromatic N) is 2. The molecule has 1 saturated heterocycles. The fourth-order valence-electron chi connectivity index (χ4n) is 3.62. The first-order chi connectivity index (χ1) is 15.5. The number of nitrogens with one attached hydrogen (secondary N) is 1. The van der Waals surface area contributed by atoms with E-state index in [0.29, 0.717) is 38.0 Å². The third kappa shape index (κ3) is 6.52. The van der Waals surface area contributed by atoms with Gasteiger partial charge in [-0.25, -0.2) is 4.98 Å². The molecule has 1 aliphatic heterocycles. The van der Waals surface area contributed by atoms with Gasteiger partial charge in [-0.3, -0.25) is 9.18 Å². The number of alkyl halides is 1. The van der Waals surface area contributed by atoms with Crippen molar-refractivity contribution in [3.05, 3.63) is 17.8 Å². The molecule has 32 heavy (non-hydrogen) atoms. The number of methoxy groups -OCH3 is 1. The third-order valence-corrected chi connectivity index (χ3v) is 6.17. The van der Waals surface area contributed by atoms with Crippen LogP contribution < -0.4 is 15.0 Å². The van der Waals surface area contributed by atoms with Gasteiger partial charge in [-0.2, -0.15) is 0 Å². The summed E-state index contributed by atoms with van der Waals surface area (Å²) < 4.78 is 29.1. The maximum Gasteiger partial charge on any atom is 0.270 e. The van der Waals surface area contributed by atoms with Crippen LogP contribution in [0.3, 0.4) is 0 Å². The molecule has 3 rings (SSSR count). The standard InChI is InChI=1S/C23H36FN3O5/c1-15(2)20(14-31-8-4-7-24)25-22(29)19-5-6-21(27-10-18(11-27)30-3)23(26-19)32-13-17-9-16(17)12-28/h5-6,15-18,20,28H,4,7-14H2,1-3H3,(H,25,29)/t16-,17-,20?/m1/s1. The summed E-state index contributed by atoms with van der Waals surface area (Å²) in [5.41, 5.74) is 1.11. The van der Waals surface area contributed by atoms with Crippen LogP contribution in [0.4, 0.5) is 10.1 Å². The van der Waals surface area contributed by atoms with Crippen molar-refractivity contribution in [3.8, 4) is 5.88 Å². The summed E-state index contributed by atoms with van der Waals surface area (Å²) in [7, 11) is 1.69. The molecule has 1 aromatic heterocycles. The van der Waals surface area contributed by atoms with E-state index in [1.165, 1.54) is 0 Å². The number of pyridine rings is 1. The number of ether oxygens (including phenoxy) is 3. The molecule has 2 fully saturated rings. The summed E-state index contributed by atoms with van der Waals surface area (Å²) in [4.78, 5) is 19.5. The van der Waals surface area contributed by atoms with Crippen molar-refractivity contribution in [2.75, 3.05) is 58.2 Å². The Balaban J connectivity index is 1.66. The Hall–Kier alpha value is -1.97. The second-order valence-electron chi connectivity index (χ2n) is 8.97. The molecule has 0 aromatic carbocycles. The second kappa shape index (κ2) is 11.8. The molecule has 0 radical (unpaired) electrons. The summed E-state index contributed by atoms with van der Waals surface area (Å²) in [6, 6.07) is 3.36. The van der Waals surface area contributed by atoms with Gasteiger partial charge >= 0.3 is 0 Å². The number of aromatic nitrogens is 1. The maximum atomic E-state index is 12.9. The lowest BCUT2D eigenvalue weighted by atomic mass is 10.1. The van der Waals surface area contributed by atoms with Crippen LogP contribution in [0.25, 0.3) is 0 Å². The summed E-state index contributed by atoms with van der Waals surface area (Å²) in [5, 5.41) is 12.3. The molecule has 8 nitrogen and oxygen atoms in total. The van der Waals surface area contributed by atoms with Crippen molar-refractivity contribution in [2.45, 2.75) is 38.8 Å². The number of hydrogen-bond donors (Lipinski definition) is 2. The molecule has 2 N–H and O–H groups in total. The van der Waals surface area contributed by atoms with E-state index >= 15 is 0 Å². The van der Waals surface area contributed by atoms with E-state index in [1.807, 2.05) is 19.9 Å². The average Bonchev–Trinajstić information content (AvgIpc) is 3.52. The van der Waals surface area contributed by atoms with Crippen LogP contribution in [0.2, 0.25) is 0 Å². The number of amides is 1. The van der Waals surface area contributed by atoms with Crippen LogP contribution in [0.1, 0.15) is 37.2 Å². The van der Waals surface area contributed by atoms with E-state index in [9.17, 15) is 14.3 Å². The Bertz CT molecular complexity index is 744. The third-order valence-electron chi connectivity index (χ3n) is 6.17. The summed E-state index contributed by atoms with van der Waals surface area (Å²) in [5.74, 6) is 0.887. The highest BCUT2D eigenvalue weighted by molar-refractivity contribution is 5.93. The zero-order valence-corrected chi connectivity index (χ0v) is 19.3. The first-order valence-corrected chi connectivity index (χ1v) is 11.4. The van der Waals surface area contributed by atoms with Crippen molar-refractivity contribution >= 4 is 11.6 Å². The largest absolute Gasteiger partial charge is 0.476 e. The van der Waals surface area contributed by atoms with Crippen molar-refractivity contribution in [1.29, 1.82) is 0 Å². The molecule has 1 unspecified atom stereocenters. The molecule has 0 bridgehead atoms. The minimum absolute atomic E-state index is 0.150. The molecule has 2 heterocycles. The Kier molecular flexibility index (Phi) is 9.07. The van der Waals surface area contributed by atoms with E-state index in [1.54, 1.807) is 13.2 Å². The second-order valence-corrected chi connectivity index (χ2v) is 8.97. The van der Waals surface area contributed by atoms with Gasteiger partial charge in [-0.05, 0) is 42.7 Å². The first-order valence-electron chi connectivity index (χ1n) is 11.4. The lowest BCUT2D eigenvalue weighted by Gasteiger charge is -2.40. The average molecular weight is 454 g/mol. The topological polar surface area (TPSA) is 93.2 Å². The Morgan fingerprint density at radius 2 is 2.12 bits per heavy atom. The van der Waals surface area contributed by atoms with E-state index < -0.39 is 6.67 Å². The highest BCUT2D eigenvalue weighted by Gasteiger charge is 2.37. The van der Waals surface area contributed by atoms with Crippen molar-refractivity contribution in [3.63, 3.8) is 0 Å². The van der Waals surface area contributed by atoms with Gasteiger partial charge in [-0.1, -0.05) is 13.8 Å².